The highest BCUT2D eigenvalue weighted by molar-refractivity contribution is 7.89. The van der Waals surface area contributed by atoms with Crippen LogP contribution in [0.15, 0.2) is 71.9 Å². The average Bonchev–Trinajstić information content (AvgIpc) is 3.06. The molecule has 9 heteroatoms. The molecule has 3 N–H and O–H groups in total. The van der Waals surface area contributed by atoms with Gasteiger partial charge in [-0.15, -0.1) is 0 Å². The quantitative estimate of drug-likeness (QED) is 0.539. The molecule has 2 heterocycles. The summed E-state index contributed by atoms with van der Waals surface area (Å²) in [6.45, 7) is 1.43. The van der Waals surface area contributed by atoms with Gasteiger partial charge in [0.15, 0.2) is 0 Å². The SMILES string of the molecule is CC(=O)Nc1ccc2c(c1)c(-c1cccc(S(N)(=O)=O)c1)nn2-c1cccnc1. The first-order valence-corrected chi connectivity index (χ1v) is 10.2. The highest BCUT2D eigenvalue weighted by Crippen LogP contribution is 2.32. The molecule has 0 unspecified atom stereocenters. The topological polar surface area (TPSA) is 120 Å². The van der Waals surface area contributed by atoms with Crippen LogP contribution in [0.3, 0.4) is 0 Å². The molecule has 2 aromatic heterocycles. The summed E-state index contributed by atoms with van der Waals surface area (Å²) in [5, 5.41) is 13.5. The van der Waals surface area contributed by atoms with Crippen LogP contribution in [0.25, 0.3) is 27.8 Å². The smallest absolute Gasteiger partial charge is 0.238 e. The lowest BCUT2D eigenvalue weighted by Crippen LogP contribution is -2.11. The molecule has 1 amide bonds. The zero-order valence-corrected chi connectivity index (χ0v) is 16.2. The number of primary sulfonamides is 1. The molecule has 0 bridgehead atoms. The predicted molar refractivity (Wildman–Crippen MR) is 110 cm³/mol. The molecular formula is C20H17N5O3S. The number of nitrogens with one attached hydrogen (secondary N) is 1. The zero-order chi connectivity index (χ0) is 20.6. The van der Waals surface area contributed by atoms with Crippen molar-refractivity contribution in [3.05, 3.63) is 67.0 Å². The van der Waals surface area contributed by atoms with Crippen LogP contribution >= 0.6 is 0 Å². The number of hydrogen-bond donors (Lipinski definition) is 2. The molecule has 0 atom stereocenters. The Bertz CT molecular complexity index is 1330. The van der Waals surface area contributed by atoms with Crippen LogP contribution in [-0.4, -0.2) is 29.1 Å². The summed E-state index contributed by atoms with van der Waals surface area (Å²) in [5.41, 5.74) is 3.28. The molecule has 0 aliphatic heterocycles. The third-order valence-electron chi connectivity index (χ3n) is 4.33. The first kappa shape index (κ1) is 18.8. The van der Waals surface area contributed by atoms with Gasteiger partial charge in [-0.1, -0.05) is 12.1 Å². The zero-order valence-electron chi connectivity index (χ0n) is 15.4. The van der Waals surface area contributed by atoms with Crippen LogP contribution in [0.4, 0.5) is 5.69 Å². The van der Waals surface area contributed by atoms with E-state index in [2.05, 4.69) is 10.3 Å². The highest BCUT2D eigenvalue weighted by Gasteiger charge is 2.17. The largest absolute Gasteiger partial charge is 0.326 e. The van der Waals surface area contributed by atoms with E-state index in [1.807, 2.05) is 12.1 Å². The van der Waals surface area contributed by atoms with Gasteiger partial charge >= 0.3 is 0 Å². The predicted octanol–water partition coefficient (Wildman–Crippen LogP) is 2.69. The van der Waals surface area contributed by atoms with Crippen molar-refractivity contribution in [2.45, 2.75) is 11.8 Å². The van der Waals surface area contributed by atoms with Gasteiger partial charge in [-0.2, -0.15) is 5.10 Å². The summed E-state index contributed by atoms with van der Waals surface area (Å²) in [6, 6.07) is 15.4. The number of benzene rings is 2. The van der Waals surface area contributed by atoms with Gasteiger partial charge in [-0.3, -0.25) is 9.78 Å². The van der Waals surface area contributed by atoms with E-state index < -0.39 is 10.0 Å². The number of carbonyl (C=O) groups is 1. The second-order valence-electron chi connectivity index (χ2n) is 6.46. The van der Waals surface area contributed by atoms with Crippen LogP contribution in [0.5, 0.6) is 0 Å². The van der Waals surface area contributed by atoms with Gasteiger partial charge in [0, 0.05) is 29.8 Å². The number of aromatic nitrogens is 3. The van der Waals surface area contributed by atoms with Crippen LogP contribution in [-0.2, 0) is 14.8 Å². The van der Waals surface area contributed by atoms with Gasteiger partial charge in [-0.05, 0) is 42.5 Å². The molecule has 146 valence electrons. The molecule has 29 heavy (non-hydrogen) atoms. The summed E-state index contributed by atoms with van der Waals surface area (Å²) < 4.78 is 25.3. The molecule has 0 aliphatic carbocycles. The summed E-state index contributed by atoms with van der Waals surface area (Å²) in [4.78, 5) is 15.6. The van der Waals surface area contributed by atoms with E-state index >= 15 is 0 Å². The Morgan fingerprint density at radius 1 is 1.10 bits per heavy atom. The number of amides is 1. The maximum Gasteiger partial charge on any atom is 0.238 e. The Kier molecular flexibility index (Phi) is 4.61. The Balaban J connectivity index is 1.98. The molecule has 4 aromatic rings. The minimum Gasteiger partial charge on any atom is -0.326 e. The Morgan fingerprint density at radius 3 is 2.62 bits per heavy atom. The number of nitrogens with two attached hydrogens (primary N) is 1. The second kappa shape index (κ2) is 7.12. The number of fused-ring (bicyclic) bond motifs is 1. The number of nitrogens with zero attached hydrogens (tertiary/aromatic N) is 3. The van der Waals surface area contributed by atoms with Crippen LogP contribution in [0.2, 0.25) is 0 Å². The van der Waals surface area contributed by atoms with E-state index in [0.29, 0.717) is 16.9 Å². The molecule has 0 saturated carbocycles. The summed E-state index contributed by atoms with van der Waals surface area (Å²) in [7, 11) is -3.86. The summed E-state index contributed by atoms with van der Waals surface area (Å²) in [6.07, 6.45) is 3.35. The van der Waals surface area contributed by atoms with Crippen molar-refractivity contribution in [3.8, 4) is 16.9 Å². The normalized spacial score (nSPS) is 11.5. The van der Waals surface area contributed by atoms with Gasteiger partial charge in [-0.25, -0.2) is 18.2 Å². The number of pyridine rings is 1. The Labute approximate surface area is 167 Å². The molecule has 4 rings (SSSR count). The molecule has 2 aromatic carbocycles. The number of hydrogen-bond acceptors (Lipinski definition) is 5. The standard InChI is InChI=1S/C20H17N5O3S/c1-13(26)23-15-7-8-19-18(11-15)20(24-25(19)16-5-3-9-22-12-16)14-4-2-6-17(10-14)29(21,27)28/h2-12H,1H3,(H,23,26)(H2,21,27,28). The van der Waals surface area contributed by atoms with E-state index in [1.54, 1.807) is 47.4 Å². The molecule has 0 spiro atoms. The van der Waals surface area contributed by atoms with Crippen molar-refractivity contribution in [2.24, 2.45) is 5.14 Å². The van der Waals surface area contributed by atoms with E-state index in [9.17, 15) is 13.2 Å². The minimum atomic E-state index is -3.86. The molecule has 0 aliphatic rings. The van der Waals surface area contributed by atoms with Crippen molar-refractivity contribution in [3.63, 3.8) is 0 Å². The second-order valence-corrected chi connectivity index (χ2v) is 8.02. The number of rotatable bonds is 4. The maximum atomic E-state index is 11.8. The minimum absolute atomic E-state index is 0.00269. The van der Waals surface area contributed by atoms with E-state index in [-0.39, 0.29) is 10.8 Å². The molecular weight excluding hydrogens is 390 g/mol. The number of sulfonamides is 1. The van der Waals surface area contributed by atoms with Crippen LogP contribution in [0, 0.1) is 0 Å². The fraction of sp³-hybridized carbons (Fsp3) is 0.0500. The van der Waals surface area contributed by atoms with Gasteiger partial charge in [0.25, 0.3) is 0 Å². The number of anilines is 1. The third-order valence-corrected chi connectivity index (χ3v) is 5.24. The van der Waals surface area contributed by atoms with Crippen molar-refractivity contribution in [1.29, 1.82) is 0 Å². The Hall–Kier alpha value is -3.56. The Morgan fingerprint density at radius 2 is 1.93 bits per heavy atom. The highest BCUT2D eigenvalue weighted by atomic mass is 32.2. The fourth-order valence-electron chi connectivity index (χ4n) is 3.11. The molecule has 0 radical (unpaired) electrons. The first-order valence-electron chi connectivity index (χ1n) is 8.67. The first-order chi connectivity index (χ1) is 13.8. The lowest BCUT2D eigenvalue weighted by molar-refractivity contribution is -0.114. The van der Waals surface area contributed by atoms with Gasteiger partial charge in [0.2, 0.25) is 15.9 Å². The van der Waals surface area contributed by atoms with Crippen molar-refractivity contribution in [1.82, 2.24) is 14.8 Å². The van der Waals surface area contributed by atoms with Crippen LogP contribution < -0.4 is 10.5 Å². The average molecular weight is 407 g/mol. The van der Waals surface area contributed by atoms with Crippen molar-refractivity contribution < 1.29 is 13.2 Å². The maximum absolute atomic E-state index is 11.8. The van der Waals surface area contributed by atoms with Crippen molar-refractivity contribution in [2.75, 3.05) is 5.32 Å². The lowest BCUT2D eigenvalue weighted by Gasteiger charge is -2.05. The summed E-state index contributed by atoms with van der Waals surface area (Å²) in [5.74, 6) is -0.193. The third kappa shape index (κ3) is 3.73. The van der Waals surface area contributed by atoms with Gasteiger partial charge in [0.1, 0.15) is 5.69 Å². The summed E-state index contributed by atoms with van der Waals surface area (Å²) >= 11 is 0. The molecule has 0 saturated heterocycles. The van der Waals surface area contributed by atoms with E-state index in [4.69, 9.17) is 10.2 Å². The van der Waals surface area contributed by atoms with Gasteiger partial charge < -0.3 is 5.32 Å². The fourth-order valence-corrected chi connectivity index (χ4v) is 3.67. The van der Waals surface area contributed by atoms with E-state index in [0.717, 1.165) is 16.6 Å². The van der Waals surface area contributed by atoms with Crippen molar-refractivity contribution >= 4 is 32.5 Å². The molecule has 8 nitrogen and oxygen atoms in total. The van der Waals surface area contributed by atoms with E-state index in [1.165, 1.54) is 19.1 Å². The van der Waals surface area contributed by atoms with Crippen LogP contribution in [0.1, 0.15) is 6.92 Å². The van der Waals surface area contributed by atoms with Gasteiger partial charge in [0.05, 0.1) is 22.3 Å². The molecule has 0 fully saturated rings. The number of carbonyl (C=O) groups excluding carboxylic acids is 1. The monoisotopic (exact) mass is 407 g/mol. The lowest BCUT2D eigenvalue weighted by atomic mass is 10.1.